The molecule has 0 unspecified atom stereocenters. The molecule has 3 aromatic rings. The van der Waals surface area contributed by atoms with Gasteiger partial charge in [0.05, 0.1) is 12.3 Å². The molecule has 0 aliphatic heterocycles. The summed E-state index contributed by atoms with van der Waals surface area (Å²) in [5.74, 6) is 1.29. The number of anilines is 1. The molecule has 0 aliphatic carbocycles. The number of hydrogen-bond acceptors (Lipinski definition) is 5. The Labute approximate surface area is 169 Å². The number of ether oxygens (including phenoxy) is 2. The van der Waals surface area contributed by atoms with Gasteiger partial charge in [-0.3, -0.25) is 10.1 Å². The average molecular weight is 397 g/mol. The zero-order chi connectivity index (χ0) is 20.1. The molecule has 0 atom stereocenters. The fraction of sp³-hybridized carbons (Fsp3) is 0.273. The van der Waals surface area contributed by atoms with Crippen LogP contribution in [0.4, 0.5) is 5.13 Å². The Bertz CT molecular complexity index is 944. The zero-order valence-electron chi connectivity index (χ0n) is 16.5. The van der Waals surface area contributed by atoms with Gasteiger partial charge in [-0.25, -0.2) is 4.98 Å². The van der Waals surface area contributed by atoms with Crippen LogP contribution in [-0.2, 0) is 4.79 Å². The highest BCUT2D eigenvalue weighted by molar-refractivity contribution is 7.16. The number of rotatable bonds is 7. The summed E-state index contributed by atoms with van der Waals surface area (Å²) in [6.45, 7) is 8.53. The third kappa shape index (κ3) is 5.10. The first-order valence-corrected chi connectivity index (χ1v) is 9.98. The maximum Gasteiger partial charge on any atom is 0.264 e. The second kappa shape index (κ2) is 8.89. The van der Waals surface area contributed by atoms with Crippen molar-refractivity contribution < 1.29 is 14.3 Å². The molecule has 0 bridgehead atoms. The summed E-state index contributed by atoms with van der Waals surface area (Å²) in [6, 6.07) is 13.7. The van der Waals surface area contributed by atoms with E-state index in [1.54, 1.807) is 0 Å². The van der Waals surface area contributed by atoms with Crippen LogP contribution in [0.5, 0.6) is 11.5 Å². The van der Waals surface area contributed by atoms with Gasteiger partial charge in [0.2, 0.25) is 0 Å². The van der Waals surface area contributed by atoms with Gasteiger partial charge in [-0.1, -0.05) is 6.07 Å². The van der Waals surface area contributed by atoms with E-state index in [9.17, 15) is 4.79 Å². The lowest BCUT2D eigenvalue weighted by Gasteiger charge is -2.07. The van der Waals surface area contributed by atoms with Crippen LogP contribution in [0, 0.1) is 20.8 Å². The largest absolute Gasteiger partial charge is 0.494 e. The fourth-order valence-electron chi connectivity index (χ4n) is 2.91. The van der Waals surface area contributed by atoms with Gasteiger partial charge >= 0.3 is 0 Å². The van der Waals surface area contributed by atoms with E-state index in [0.717, 1.165) is 33.0 Å². The number of benzene rings is 2. The molecule has 146 valence electrons. The Hall–Kier alpha value is -2.86. The van der Waals surface area contributed by atoms with Crippen LogP contribution in [0.1, 0.15) is 22.9 Å². The summed E-state index contributed by atoms with van der Waals surface area (Å²) in [5, 5.41) is 3.39. The molecule has 0 fully saturated rings. The molecule has 28 heavy (non-hydrogen) atoms. The van der Waals surface area contributed by atoms with E-state index >= 15 is 0 Å². The van der Waals surface area contributed by atoms with E-state index in [-0.39, 0.29) is 12.5 Å². The van der Waals surface area contributed by atoms with Gasteiger partial charge in [-0.2, -0.15) is 0 Å². The van der Waals surface area contributed by atoms with Crippen molar-refractivity contribution in [3.8, 4) is 22.8 Å². The van der Waals surface area contributed by atoms with Crippen LogP contribution in [0.15, 0.2) is 42.5 Å². The molecule has 1 aromatic heterocycles. The molecular formula is C22H24N2O3S. The standard InChI is InChI=1S/C22H24N2O3S/c1-5-26-18-8-6-17(7-9-18)21-16(4)28-22(24-21)23-20(25)13-27-19-11-14(2)10-15(3)12-19/h6-12H,5,13H2,1-4H3,(H,23,24,25). The summed E-state index contributed by atoms with van der Waals surface area (Å²) < 4.78 is 11.1. The molecule has 0 saturated heterocycles. The average Bonchev–Trinajstić information content (AvgIpc) is 3.00. The normalized spacial score (nSPS) is 10.6. The summed E-state index contributed by atoms with van der Waals surface area (Å²) in [4.78, 5) is 17.8. The molecule has 2 aromatic carbocycles. The van der Waals surface area contributed by atoms with E-state index in [4.69, 9.17) is 9.47 Å². The Morgan fingerprint density at radius 1 is 1.00 bits per heavy atom. The van der Waals surface area contributed by atoms with Gasteiger partial charge in [0.15, 0.2) is 11.7 Å². The van der Waals surface area contributed by atoms with E-state index in [2.05, 4.69) is 16.4 Å². The quantitative estimate of drug-likeness (QED) is 0.600. The number of thiazole rings is 1. The fourth-order valence-corrected chi connectivity index (χ4v) is 3.77. The molecule has 3 rings (SSSR count). The van der Waals surface area contributed by atoms with Crippen molar-refractivity contribution in [3.05, 3.63) is 58.5 Å². The lowest BCUT2D eigenvalue weighted by atomic mass is 10.1. The number of carbonyl (C=O) groups excluding carboxylic acids is 1. The van der Waals surface area contributed by atoms with Crippen molar-refractivity contribution in [2.24, 2.45) is 0 Å². The van der Waals surface area contributed by atoms with E-state index in [1.807, 2.05) is 64.1 Å². The summed E-state index contributed by atoms with van der Waals surface area (Å²) in [5.41, 5.74) is 4.06. The SMILES string of the molecule is CCOc1ccc(-c2nc(NC(=O)COc3cc(C)cc(C)c3)sc2C)cc1. The molecule has 6 heteroatoms. The number of nitrogens with zero attached hydrogens (tertiary/aromatic N) is 1. The van der Waals surface area contributed by atoms with E-state index in [1.165, 1.54) is 11.3 Å². The van der Waals surface area contributed by atoms with Gasteiger partial charge in [0.25, 0.3) is 5.91 Å². The molecule has 0 saturated carbocycles. The minimum atomic E-state index is -0.230. The first kappa shape index (κ1) is 19.9. The Morgan fingerprint density at radius 3 is 2.32 bits per heavy atom. The summed E-state index contributed by atoms with van der Waals surface area (Å²) >= 11 is 1.45. The molecule has 1 amide bonds. The predicted molar refractivity (Wildman–Crippen MR) is 113 cm³/mol. The molecule has 1 heterocycles. The van der Waals surface area contributed by atoms with Crippen LogP contribution in [0.2, 0.25) is 0 Å². The van der Waals surface area contributed by atoms with Gasteiger partial charge < -0.3 is 9.47 Å². The smallest absolute Gasteiger partial charge is 0.264 e. The van der Waals surface area contributed by atoms with E-state index < -0.39 is 0 Å². The molecule has 5 nitrogen and oxygen atoms in total. The number of carbonyl (C=O) groups is 1. The topological polar surface area (TPSA) is 60.5 Å². The van der Waals surface area contributed by atoms with E-state index in [0.29, 0.717) is 17.5 Å². The van der Waals surface area contributed by atoms with Crippen molar-refractivity contribution in [1.29, 1.82) is 0 Å². The summed E-state index contributed by atoms with van der Waals surface area (Å²) in [6.07, 6.45) is 0. The van der Waals surface area contributed by atoms with Crippen molar-refractivity contribution >= 4 is 22.4 Å². The number of aromatic nitrogens is 1. The molecular weight excluding hydrogens is 372 g/mol. The third-order valence-corrected chi connectivity index (χ3v) is 4.93. The number of hydrogen-bond donors (Lipinski definition) is 1. The minimum absolute atomic E-state index is 0.0556. The molecule has 0 spiro atoms. The highest BCUT2D eigenvalue weighted by Crippen LogP contribution is 2.31. The van der Waals surface area contributed by atoms with Crippen LogP contribution >= 0.6 is 11.3 Å². The lowest BCUT2D eigenvalue weighted by Crippen LogP contribution is -2.20. The van der Waals surface area contributed by atoms with Crippen LogP contribution in [0.3, 0.4) is 0 Å². The number of amides is 1. The second-order valence-electron chi connectivity index (χ2n) is 6.54. The maximum absolute atomic E-state index is 12.2. The van der Waals surface area contributed by atoms with Crippen molar-refractivity contribution in [2.45, 2.75) is 27.7 Å². The zero-order valence-corrected chi connectivity index (χ0v) is 17.4. The van der Waals surface area contributed by atoms with Gasteiger partial charge in [-0.05, 0) is 75.2 Å². The monoisotopic (exact) mass is 396 g/mol. The maximum atomic E-state index is 12.2. The van der Waals surface area contributed by atoms with Crippen molar-refractivity contribution in [2.75, 3.05) is 18.5 Å². The predicted octanol–water partition coefficient (Wildman–Crippen LogP) is 5.15. The number of nitrogens with one attached hydrogen (secondary N) is 1. The lowest BCUT2D eigenvalue weighted by molar-refractivity contribution is -0.118. The highest BCUT2D eigenvalue weighted by Gasteiger charge is 2.13. The minimum Gasteiger partial charge on any atom is -0.494 e. The Morgan fingerprint density at radius 2 is 1.68 bits per heavy atom. The van der Waals surface area contributed by atoms with Crippen molar-refractivity contribution in [1.82, 2.24) is 4.98 Å². The number of aryl methyl sites for hydroxylation is 3. The second-order valence-corrected chi connectivity index (χ2v) is 7.74. The van der Waals surface area contributed by atoms with Gasteiger partial charge in [0.1, 0.15) is 11.5 Å². The first-order valence-electron chi connectivity index (χ1n) is 9.16. The van der Waals surface area contributed by atoms with Gasteiger partial charge in [0, 0.05) is 10.4 Å². The molecule has 1 N–H and O–H groups in total. The Kier molecular flexibility index (Phi) is 6.31. The van der Waals surface area contributed by atoms with Gasteiger partial charge in [-0.15, -0.1) is 11.3 Å². The van der Waals surface area contributed by atoms with Crippen LogP contribution in [0.25, 0.3) is 11.3 Å². The van der Waals surface area contributed by atoms with Crippen LogP contribution < -0.4 is 14.8 Å². The van der Waals surface area contributed by atoms with Crippen LogP contribution in [-0.4, -0.2) is 24.1 Å². The van der Waals surface area contributed by atoms with Crippen molar-refractivity contribution in [3.63, 3.8) is 0 Å². The molecule has 0 radical (unpaired) electrons. The Balaban J connectivity index is 1.63. The molecule has 0 aliphatic rings. The summed E-state index contributed by atoms with van der Waals surface area (Å²) in [7, 11) is 0. The third-order valence-electron chi connectivity index (χ3n) is 4.05. The first-order chi connectivity index (χ1) is 13.4. The highest BCUT2D eigenvalue weighted by atomic mass is 32.1.